The third kappa shape index (κ3) is 2.31. The minimum absolute atomic E-state index is 0.307. The van der Waals surface area contributed by atoms with Crippen LogP contribution in [0.1, 0.15) is 11.4 Å². The van der Waals surface area contributed by atoms with Crippen molar-refractivity contribution in [2.75, 3.05) is 6.54 Å². The lowest BCUT2D eigenvalue weighted by Gasteiger charge is -2.26. The number of rotatable bonds is 1. The number of aromatic nitrogens is 2. The largest absolute Gasteiger partial charge is 0.415 e. The van der Waals surface area contributed by atoms with E-state index >= 15 is 0 Å². The first-order chi connectivity index (χ1) is 9.24. The van der Waals surface area contributed by atoms with Gasteiger partial charge in [-0.05, 0) is 12.1 Å². The molecule has 0 radical (unpaired) electrons. The number of ether oxygens (including phenoxy) is 1. The van der Waals surface area contributed by atoms with E-state index in [0.717, 1.165) is 17.8 Å². The summed E-state index contributed by atoms with van der Waals surface area (Å²) in [5.74, 6) is 0.573. The quantitative estimate of drug-likeness (QED) is 0.784. The predicted octanol–water partition coefficient (Wildman–Crippen LogP) is 1.98. The minimum atomic E-state index is -0.307. The van der Waals surface area contributed by atoms with Gasteiger partial charge < -0.3 is 14.2 Å². The highest BCUT2D eigenvalue weighted by atomic mass is 16.6. The monoisotopic (exact) mass is 257 g/mol. The summed E-state index contributed by atoms with van der Waals surface area (Å²) in [5.41, 5.74) is 2.16. The van der Waals surface area contributed by atoms with Gasteiger partial charge in [0.25, 0.3) is 0 Å². The summed E-state index contributed by atoms with van der Waals surface area (Å²) in [6.45, 7) is 1.20. The SMILES string of the molecule is Cn1cnc2c1CN(C(=O)Oc1ccccc1)CC2. The number of carbonyl (C=O) groups is 1. The fraction of sp³-hybridized carbons (Fsp3) is 0.286. The Bertz CT molecular complexity index is 592. The van der Waals surface area contributed by atoms with Crippen LogP contribution >= 0.6 is 0 Å². The van der Waals surface area contributed by atoms with Crippen LogP contribution in [-0.4, -0.2) is 27.1 Å². The van der Waals surface area contributed by atoms with Crippen molar-refractivity contribution in [2.24, 2.45) is 7.05 Å². The number of imidazole rings is 1. The number of hydrogen-bond donors (Lipinski definition) is 0. The third-order valence-corrected chi connectivity index (χ3v) is 3.31. The van der Waals surface area contributed by atoms with Crippen LogP contribution in [0.4, 0.5) is 4.79 Å². The molecule has 1 aliphatic heterocycles. The predicted molar refractivity (Wildman–Crippen MR) is 69.8 cm³/mol. The number of para-hydroxylation sites is 1. The molecule has 0 aliphatic carbocycles. The van der Waals surface area contributed by atoms with Gasteiger partial charge in [-0.2, -0.15) is 0 Å². The lowest BCUT2D eigenvalue weighted by molar-refractivity contribution is 0.145. The molecular formula is C14H15N3O2. The molecule has 1 amide bonds. The van der Waals surface area contributed by atoms with Crippen molar-refractivity contribution in [3.63, 3.8) is 0 Å². The molecule has 0 unspecified atom stereocenters. The normalized spacial score (nSPS) is 14.1. The summed E-state index contributed by atoms with van der Waals surface area (Å²) in [6.07, 6.45) is 2.26. The smallest absolute Gasteiger partial charge is 0.410 e. The summed E-state index contributed by atoms with van der Waals surface area (Å²) >= 11 is 0. The first kappa shape index (κ1) is 11.8. The molecule has 2 aromatic rings. The van der Waals surface area contributed by atoms with Crippen molar-refractivity contribution in [3.8, 4) is 5.75 Å². The molecular weight excluding hydrogens is 242 g/mol. The summed E-state index contributed by atoms with van der Waals surface area (Å²) in [4.78, 5) is 18.1. The number of hydrogen-bond acceptors (Lipinski definition) is 3. The van der Waals surface area contributed by atoms with E-state index in [1.165, 1.54) is 0 Å². The maximum atomic E-state index is 12.1. The number of nitrogens with zero attached hydrogens (tertiary/aromatic N) is 3. The van der Waals surface area contributed by atoms with Crippen LogP contribution in [0.3, 0.4) is 0 Å². The van der Waals surface area contributed by atoms with Crippen LogP contribution in [0, 0.1) is 0 Å². The molecule has 1 aliphatic rings. The number of amides is 1. The number of aryl methyl sites for hydroxylation is 1. The maximum absolute atomic E-state index is 12.1. The van der Waals surface area contributed by atoms with Gasteiger partial charge in [-0.1, -0.05) is 18.2 Å². The molecule has 2 heterocycles. The highest BCUT2D eigenvalue weighted by Crippen LogP contribution is 2.18. The van der Waals surface area contributed by atoms with Crippen molar-refractivity contribution in [1.82, 2.24) is 14.5 Å². The Morgan fingerprint density at radius 2 is 2.11 bits per heavy atom. The fourth-order valence-corrected chi connectivity index (χ4v) is 2.23. The molecule has 0 N–H and O–H groups in total. The molecule has 0 saturated heterocycles. The van der Waals surface area contributed by atoms with Crippen molar-refractivity contribution in [3.05, 3.63) is 48.0 Å². The van der Waals surface area contributed by atoms with Crippen LogP contribution in [0.5, 0.6) is 5.75 Å². The fourth-order valence-electron chi connectivity index (χ4n) is 2.23. The molecule has 19 heavy (non-hydrogen) atoms. The van der Waals surface area contributed by atoms with Crippen LogP contribution in [0.15, 0.2) is 36.7 Å². The third-order valence-electron chi connectivity index (χ3n) is 3.31. The summed E-state index contributed by atoms with van der Waals surface area (Å²) in [5, 5.41) is 0. The minimum Gasteiger partial charge on any atom is -0.410 e. The molecule has 1 aromatic carbocycles. The van der Waals surface area contributed by atoms with Crippen molar-refractivity contribution in [1.29, 1.82) is 0 Å². The number of carbonyl (C=O) groups excluding carboxylic acids is 1. The van der Waals surface area contributed by atoms with Gasteiger partial charge in [-0.25, -0.2) is 9.78 Å². The standard InChI is InChI=1S/C14H15N3O2/c1-16-10-15-12-7-8-17(9-13(12)16)14(18)19-11-5-3-2-4-6-11/h2-6,10H,7-9H2,1H3. The molecule has 0 bridgehead atoms. The topological polar surface area (TPSA) is 47.4 Å². The highest BCUT2D eigenvalue weighted by molar-refractivity contribution is 5.71. The Labute approximate surface area is 111 Å². The van der Waals surface area contributed by atoms with E-state index in [4.69, 9.17) is 4.74 Å². The van der Waals surface area contributed by atoms with Crippen LogP contribution < -0.4 is 4.74 Å². The van der Waals surface area contributed by atoms with Crippen LogP contribution in [-0.2, 0) is 20.0 Å². The number of fused-ring (bicyclic) bond motifs is 1. The van der Waals surface area contributed by atoms with Crippen molar-refractivity contribution >= 4 is 6.09 Å². The van der Waals surface area contributed by atoms with E-state index in [1.54, 1.807) is 23.4 Å². The van der Waals surface area contributed by atoms with E-state index in [-0.39, 0.29) is 6.09 Å². The average molecular weight is 257 g/mol. The van der Waals surface area contributed by atoms with Gasteiger partial charge >= 0.3 is 6.09 Å². The van der Waals surface area contributed by atoms with E-state index in [0.29, 0.717) is 18.8 Å². The highest BCUT2D eigenvalue weighted by Gasteiger charge is 2.24. The van der Waals surface area contributed by atoms with Gasteiger partial charge in [-0.3, -0.25) is 0 Å². The Balaban J connectivity index is 1.71. The Hall–Kier alpha value is -2.30. The molecule has 0 atom stereocenters. The van der Waals surface area contributed by atoms with E-state index in [2.05, 4.69) is 4.98 Å². The van der Waals surface area contributed by atoms with E-state index in [1.807, 2.05) is 29.8 Å². The molecule has 0 fully saturated rings. The summed E-state index contributed by atoms with van der Waals surface area (Å²) in [6, 6.07) is 9.13. The molecule has 0 spiro atoms. The Morgan fingerprint density at radius 1 is 1.32 bits per heavy atom. The molecule has 98 valence electrons. The first-order valence-electron chi connectivity index (χ1n) is 6.25. The molecule has 5 heteroatoms. The molecule has 5 nitrogen and oxygen atoms in total. The Kier molecular flexibility index (Phi) is 2.95. The number of benzene rings is 1. The summed E-state index contributed by atoms with van der Waals surface area (Å²) < 4.78 is 7.30. The molecule has 1 aromatic heterocycles. The first-order valence-corrected chi connectivity index (χ1v) is 6.25. The van der Waals surface area contributed by atoms with Crippen LogP contribution in [0.25, 0.3) is 0 Å². The van der Waals surface area contributed by atoms with Gasteiger partial charge in [-0.15, -0.1) is 0 Å². The van der Waals surface area contributed by atoms with Gasteiger partial charge in [0, 0.05) is 20.0 Å². The second-order valence-corrected chi connectivity index (χ2v) is 4.60. The maximum Gasteiger partial charge on any atom is 0.415 e. The molecule has 3 rings (SSSR count). The van der Waals surface area contributed by atoms with E-state index < -0.39 is 0 Å². The second-order valence-electron chi connectivity index (χ2n) is 4.60. The Morgan fingerprint density at radius 3 is 2.89 bits per heavy atom. The lowest BCUT2D eigenvalue weighted by Crippen LogP contribution is -2.38. The second kappa shape index (κ2) is 4.76. The van der Waals surface area contributed by atoms with Crippen molar-refractivity contribution in [2.45, 2.75) is 13.0 Å². The van der Waals surface area contributed by atoms with Gasteiger partial charge in [0.2, 0.25) is 0 Å². The van der Waals surface area contributed by atoms with Gasteiger partial charge in [0.05, 0.1) is 24.3 Å². The van der Waals surface area contributed by atoms with Crippen molar-refractivity contribution < 1.29 is 9.53 Å². The average Bonchev–Trinajstić information content (AvgIpc) is 2.81. The van der Waals surface area contributed by atoms with Crippen LogP contribution in [0.2, 0.25) is 0 Å². The summed E-state index contributed by atoms with van der Waals surface area (Å²) in [7, 11) is 1.94. The zero-order valence-corrected chi connectivity index (χ0v) is 10.7. The van der Waals surface area contributed by atoms with Gasteiger partial charge in [0.15, 0.2) is 0 Å². The lowest BCUT2D eigenvalue weighted by atomic mass is 10.1. The zero-order chi connectivity index (χ0) is 13.2. The van der Waals surface area contributed by atoms with Gasteiger partial charge in [0.1, 0.15) is 5.75 Å². The zero-order valence-electron chi connectivity index (χ0n) is 10.7. The van der Waals surface area contributed by atoms with E-state index in [9.17, 15) is 4.79 Å². The molecule has 0 saturated carbocycles.